The molecular weight excluding hydrogens is 615 g/mol. The van der Waals surface area contributed by atoms with Crippen molar-refractivity contribution in [3.8, 4) is 11.5 Å². The van der Waals surface area contributed by atoms with Crippen LogP contribution in [0.3, 0.4) is 0 Å². The third-order valence-electron chi connectivity index (χ3n) is 8.27. The van der Waals surface area contributed by atoms with Crippen molar-refractivity contribution in [3.63, 3.8) is 0 Å². The third-order valence-corrected chi connectivity index (χ3v) is 10.5. The number of aryl methyl sites for hydroxylation is 1. The highest BCUT2D eigenvalue weighted by Crippen LogP contribution is 2.40. The first-order chi connectivity index (χ1) is 21.8. The van der Waals surface area contributed by atoms with Crippen molar-refractivity contribution in [1.29, 1.82) is 0 Å². The molecule has 2 heterocycles. The number of fused-ring (bicyclic) bond motifs is 1. The predicted molar refractivity (Wildman–Crippen MR) is 174 cm³/mol. The van der Waals surface area contributed by atoms with Crippen LogP contribution in [0.4, 0.5) is 5.00 Å². The maximum Gasteiger partial charge on any atom is 0.341 e. The van der Waals surface area contributed by atoms with Gasteiger partial charge in [0.1, 0.15) is 5.00 Å². The first-order valence-electron chi connectivity index (χ1n) is 15.6. The van der Waals surface area contributed by atoms with E-state index in [9.17, 15) is 14.4 Å². The lowest BCUT2D eigenvalue weighted by Crippen LogP contribution is -2.27. The minimum absolute atomic E-state index is 0.180. The minimum atomic E-state index is -0.514. The molecule has 0 saturated heterocycles. The second-order valence-electron chi connectivity index (χ2n) is 11.2. The van der Waals surface area contributed by atoms with E-state index in [4.69, 9.17) is 14.2 Å². The molecule has 1 aromatic carbocycles. The fraction of sp³-hybridized carbons (Fsp3) is 0.531. The molecule has 2 aliphatic rings. The Bertz CT molecular complexity index is 1530. The van der Waals surface area contributed by atoms with Crippen molar-refractivity contribution in [3.05, 3.63) is 45.6 Å². The standard InChI is InChI=1S/C32H41N5O6S2/c1-5-43-31(40)27-22-13-9-10-14-25(22)45-30(27)34-28(38)19(2)44-32-36-35-26(37(32)21-11-7-6-8-12-21)18-33-29(39)20-15-16-23(41-3)24(17-20)42-4/h15-17,19,21H,5-14,18H2,1-4H3,(H,33,39)(H,34,38)/t19-/m0/s1. The van der Waals surface area contributed by atoms with Crippen molar-refractivity contribution in [2.75, 3.05) is 26.1 Å². The smallest absolute Gasteiger partial charge is 0.341 e. The van der Waals surface area contributed by atoms with Crippen LogP contribution in [0.1, 0.15) is 102 Å². The summed E-state index contributed by atoms with van der Waals surface area (Å²) in [6, 6.07) is 5.19. The van der Waals surface area contributed by atoms with Crippen molar-refractivity contribution in [2.45, 2.75) is 94.6 Å². The third kappa shape index (κ3) is 7.46. The van der Waals surface area contributed by atoms with Gasteiger partial charge in [-0.3, -0.25) is 9.59 Å². The summed E-state index contributed by atoms with van der Waals surface area (Å²) >= 11 is 2.81. The summed E-state index contributed by atoms with van der Waals surface area (Å²) < 4.78 is 18.1. The Morgan fingerprint density at radius 2 is 1.80 bits per heavy atom. The summed E-state index contributed by atoms with van der Waals surface area (Å²) in [5.41, 5.74) is 1.95. The number of ether oxygens (including phenoxy) is 3. The number of anilines is 1. The number of rotatable bonds is 12. The summed E-state index contributed by atoms with van der Waals surface area (Å²) in [5.74, 6) is 0.781. The van der Waals surface area contributed by atoms with Gasteiger partial charge in [0.15, 0.2) is 22.5 Å². The normalized spacial score (nSPS) is 15.6. The molecule has 2 N–H and O–H groups in total. The van der Waals surface area contributed by atoms with Gasteiger partial charge >= 0.3 is 5.97 Å². The maximum atomic E-state index is 13.5. The van der Waals surface area contributed by atoms with E-state index < -0.39 is 5.25 Å². The lowest BCUT2D eigenvalue weighted by Gasteiger charge is -2.26. The molecule has 0 unspecified atom stereocenters. The number of hydrogen-bond acceptors (Lipinski definition) is 10. The number of carbonyl (C=O) groups excluding carboxylic acids is 3. The summed E-state index contributed by atoms with van der Waals surface area (Å²) in [4.78, 5) is 40.6. The molecule has 5 rings (SSSR count). The molecule has 11 nitrogen and oxygen atoms in total. The molecule has 0 radical (unpaired) electrons. The van der Waals surface area contributed by atoms with E-state index in [1.165, 1.54) is 36.6 Å². The first kappa shape index (κ1) is 32.8. The van der Waals surface area contributed by atoms with E-state index in [0.717, 1.165) is 61.8 Å². The monoisotopic (exact) mass is 655 g/mol. The van der Waals surface area contributed by atoms with Gasteiger partial charge in [0.05, 0.1) is 38.2 Å². The number of amides is 2. The van der Waals surface area contributed by atoms with Gasteiger partial charge in [0.25, 0.3) is 5.91 Å². The van der Waals surface area contributed by atoms with E-state index in [1.807, 2.05) is 6.92 Å². The molecule has 0 aliphatic heterocycles. The zero-order chi connectivity index (χ0) is 31.9. The molecule has 13 heteroatoms. The Hall–Kier alpha value is -3.58. The number of methoxy groups -OCH3 is 2. The topological polar surface area (TPSA) is 134 Å². The van der Waals surface area contributed by atoms with Gasteiger partial charge in [-0.1, -0.05) is 31.0 Å². The Morgan fingerprint density at radius 1 is 1.04 bits per heavy atom. The molecule has 2 aliphatic carbocycles. The molecule has 1 fully saturated rings. The van der Waals surface area contributed by atoms with Crippen molar-refractivity contribution in [1.82, 2.24) is 20.1 Å². The number of esters is 1. The van der Waals surface area contributed by atoms with Gasteiger partial charge < -0.3 is 29.4 Å². The zero-order valence-electron chi connectivity index (χ0n) is 26.3. The highest BCUT2D eigenvalue weighted by atomic mass is 32.2. The molecule has 2 amide bonds. The average molecular weight is 656 g/mol. The molecule has 0 spiro atoms. The molecule has 242 valence electrons. The fourth-order valence-electron chi connectivity index (χ4n) is 5.95. The molecule has 3 aromatic rings. The van der Waals surface area contributed by atoms with Gasteiger partial charge in [-0.15, -0.1) is 21.5 Å². The van der Waals surface area contributed by atoms with E-state index in [0.29, 0.717) is 38.6 Å². The Balaban J connectivity index is 1.32. The largest absolute Gasteiger partial charge is 0.493 e. The number of carbonyl (C=O) groups is 3. The average Bonchev–Trinajstić information content (AvgIpc) is 3.64. The number of nitrogens with one attached hydrogen (secondary N) is 2. The Labute approximate surface area is 271 Å². The lowest BCUT2D eigenvalue weighted by molar-refractivity contribution is -0.115. The van der Waals surface area contributed by atoms with Crippen LogP contribution in [-0.4, -0.2) is 58.6 Å². The molecule has 45 heavy (non-hydrogen) atoms. The molecular formula is C32H41N5O6S2. The van der Waals surface area contributed by atoms with Gasteiger partial charge in [-0.05, 0) is 76.1 Å². The van der Waals surface area contributed by atoms with E-state index in [-0.39, 0.29) is 37.0 Å². The van der Waals surface area contributed by atoms with Crippen LogP contribution < -0.4 is 20.1 Å². The second kappa shape index (κ2) is 15.1. The van der Waals surface area contributed by atoms with E-state index >= 15 is 0 Å². The SMILES string of the molecule is CCOC(=O)c1c(NC(=O)[C@H](C)Sc2nnc(CNC(=O)c3ccc(OC)c(OC)c3)n2C2CCCCC2)sc2c1CCCC2. The first-order valence-corrected chi connectivity index (χ1v) is 17.3. The van der Waals surface area contributed by atoms with Crippen LogP contribution in [0.5, 0.6) is 11.5 Å². The molecule has 1 atom stereocenters. The maximum absolute atomic E-state index is 13.5. The van der Waals surface area contributed by atoms with Crippen LogP contribution in [-0.2, 0) is 28.9 Å². The van der Waals surface area contributed by atoms with Crippen LogP contribution in [0, 0.1) is 0 Å². The predicted octanol–water partition coefficient (Wildman–Crippen LogP) is 5.97. The number of thioether (sulfide) groups is 1. The van der Waals surface area contributed by atoms with E-state index in [2.05, 4.69) is 25.4 Å². The fourth-order valence-corrected chi connectivity index (χ4v) is 8.17. The highest BCUT2D eigenvalue weighted by molar-refractivity contribution is 8.00. The zero-order valence-corrected chi connectivity index (χ0v) is 27.9. The molecule has 2 aromatic heterocycles. The number of aromatic nitrogens is 3. The van der Waals surface area contributed by atoms with Crippen molar-refractivity contribution in [2.24, 2.45) is 0 Å². The minimum Gasteiger partial charge on any atom is -0.493 e. The van der Waals surface area contributed by atoms with Crippen molar-refractivity contribution >= 4 is 45.9 Å². The highest BCUT2D eigenvalue weighted by Gasteiger charge is 2.30. The number of thiophene rings is 1. The van der Waals surface area contributed by atoms with Crippen LogP contribution in [0.15, 0.2) is 23.4 Å². The van der Waals surface area contributed by atoms with E-state index in [1.54, 1.807) is 32.2 Å². The molecule has 0 bridgehead atoms. The van der Waals surface area contributed by atoms with Crippen molar-refractivity contribution < 1.29 is 28.6 Å². The van der Waals surface area contributed by atoms with Crippen LogP contribution in [0.2, 0.25) is 0 Å². The number of hydrogen-bond donors (Lipinski definition) is 2. The van der Waals surface area contributed by atoms with Gasteiger partial charge in [0.2, 0.25) is 5.91 Å². The summed E-state index contributed by atoms with van der Waals surface area (Å²) in [7, 11) is 3.07. The summed E-state index contributed by atoms with van der Waals surface area (Å²) in [6.45, 7) is 4.07. The van der Waals surface area contributed by atoms with Crippen LogP contribution in [0.25, 0.3) is 0 Å². The van der Waals surface area contributed by atoms with Gasteiger partial charge in [0, 0.05) is 16.5 Å². The number of nitrogens with zero attached hydrogens (tertiary/aromatic N) is 3. The lowest BCUT2D eigenvalue weighted by atomic mass is 9.95. The molecule has 1 saturated carbocycles. The Kier molecular flexibility index (Phi) is 11.0. The number of benzene rings is 1. The van der Waals surface area contributed by atoms with Gasteiger partial charge in [-0.2, -0.15) is 0 Å². The quantitative estimate of drug-likeness (QED) is 0.179. The summed E-state index contributed by atoms with van der Waals surface area (Å²) in [5, 5.41) is 15.6. The van der Waals surface area contributed by atoms with Crippen LogP contribution >= 0.6 is 23.1 Å². The Morgan fingerprint density at radius 3 is 2.53 bits per heavy atom. The second-order valence-corrected chi connectivity index (χ2v) is 13.6. The summed E-state index contributed by atoms with van der Waals surface area (Å²) in [6.07, 6.45) is 9.14. The van der Waals surface area contributed by atoms with Gasteiger partial charge in [-0.25, -0.2) is 4.79 Å².